The van der Waals surface area contributed by atoms with E-state index in [9.17, 15) is 9.59 Å². The van der Waals surface area contributed by atoms with Crippen LogP contribution < -0.4 is 20.3 Å². The predicted octanol–water partition coefficient (Wildman–Crippen LogP) is 3.39. The maximum Gasteiger partial charge on any atom is 0.283 e. The molecule has 0 saturated heterocycles. The van der Waals surface area contributed by atoms with E-state index in [4.69, 9.17) is 9.47 Å². The molecule has 3 aromatic carbocycles. The van der Waals surface area contributed by atoms with Crippen molar-refractivity contribution in [1.29, 1.82) is 0 Å². The SMILES string of the molecule is COc1ccc(OC)c(CNC(=O)c2nc3ccccc3n(Cc3ccccc3)c2=O)c1. The standard InChI is InChI=1S/C25H23N3O4/c1-31-19-12-13-22(32-2)18(14-19)15-26-24(29)23-25(30)28(16-17-8-4-3-5-9-17)21-11-7-6-10-20(21)27-23/h3-14H,15-16H2,1-2H3,(H,26,29). The van der Waals surface area contributed by atoms with E-state index in [1.54, 1.807) is 43.1 Å². The highest BCUT2D eigenvalue weighted by molar-refractivity contribution is 5.93. The quantitative estimate of drug-likeness (QED) is 0.487. The Morgan fingerprint density at radius 2 is 1.72 bits per heavy atom. The van der Waals surface area contributed by atoms with Gasteiger partial charge in [0.1, 0.15) is 11.5 Å². The van der Waals surface area contributed by atoms with Gasteiger partial charge in [-0.3, -0.25) is 9.59 Å². The third-order valence-corrected chi connectivity index (χ3v) is 5.18. The van der Waals surface area contributed by atoms with Crippen molar-refractivity contribution in [3.8, 4) is 11.5 Å². The van der Waals surface area contributed by atoms with E-state index in [2.05, 4.69) is 10.3 Å². The molecule has 0 fully saturated rings. The lowest BCUT2D eigenvalue weighted by Gasteiger charge is -2.14. The van der Waals surface area contributed by atoms with E-state index < -0.39 is 11.5 Å². The highest BCUT2D eigenvalue weighted by atomic mass is 16.5. The zero-order chi connectivity index (χ0) is 22.5. The van der Waals surface area contributed by atoms with Gasteiger partial charge < -0.3 is 19.4 Å². The summed E-state index contributed by atoms with van der Waals surface area (Å²) in [6.07, 6.45) is 0. The normalized spacial score (nSPS) is 10.7. The topological polar surface area (TPSA) is 82.4 Å². The fraction of sp³-hybridized carbons (Fsp3) is 0.160. The molecule has 0 unspecified atom stereocenters. The summed E-state index contributed by atoms with van der Waals surface area (Å²) < 4.78 is 12.2. The number of hydrogen-bond acceptors (Lipinski definition) is 5. The van der Waals surface area contributed by atoms with Gasteiger partial charge in [-0.25, -0.2) is 4.98 Å². The van der Waals surface area contributed by atoms with E-state index in [0.717, 1.165) is 11.1 Å². The molecule has 32 heavy (non-hydrogen) atoms. The Hall–Kier alpha value is -4.13. The van der Waals surface area contributed by atoms with Crippen molar-refractivity contribution in [3.05, 3.63) is 100.0 Å². The van der Waals surface area contributed by atoms with Crippen LogP contribution in [-0.4, -0.2) is 29.7 Å². The van der Waals surface area contributed by atoms with Crippen LogP contribution in [0.2, 0.25) is 0 Å². The van der Waals surface area contributed by atoms with Gasteiger partial charge in [0, 0.05) is 12.1 Å². The number of ether oxygens (including phenoxy) is 2. The Morgan fingerprint density at radius 1 is 0.969 bits per heavy atom. The number of hydrogen-bond donors (Lipinski definition) is 1. The fourth-order valence-electron chi connectivity index (χ4n) is 3.54. The van der Waals surface area contributed by atoms with E-state index in [1.807, 2.05) is 48.5 Å². The summed E-state index contributed by atoms with van der Waals surface area (Å²) in [5, 5.41) is 2.79. The molecule has 162 valence electrons. The summed E-state index contributed by atoms with van der Waals surface area (Å²) in [5.74, 6) is 0.704. The second kappa shape index (κ2) is 9.34. The van der Waals surface area contributed by atoms with Gasteiger partial charge in [-0.05, 0) is 35.9 Å². The second-order valence-corrected chi connectivity index (χ2v) is 7.19. The summed E-state index contributed by atoms with van der Waals surface area (Å²) in [5.41, 5.74) is 2.34. The number of para-hydroxylation sites is 2. The second-order valence-electron chi connectivity index (χ2n) is 7.19. The molecular formula is C25H23N3O4. The number of nitrogens with one attached hydrogen (secondary N) is 1. The first-order valence-corrected chi connectivity index (χ1v) is 10.1. The van der Waals surface area contributed by atoms with E-state index in [1.165, 1.54) is 0 Å². The predicted molar refractivity (Wildman–Crippen MR) is 122 cm³/mol. The van der Waals surface area contributed by atoms with Gasteiger partial charge in [-0.15, -0.1) is 0 Å². The Labute approximate surface area is 185 Å². The highest BCUT2D eigenvalue weighted by Crippen LogP contribution is 2.23. The minimum atomic E-state index is -0.549. The third-order valence-electron chi connectivity index (χ3n) is 5.18. The first-order valence-electron chi connectivity index (χ1n) is 10.1. The molecule has 0 aliphatic carbocycles. The molecule has 0 atom stereocenters. The molecule has 1 N–H and O–H groups in total. The largest absolute Gasteiger partial charge is 0.497 e. The van der Waals surface area contributed by atoms with Crippen molar-refractivity contribution in [2.45, 2.75) is 13.1 Å². The summed E-state index contributed by atoms with van der Waals surface area (Å²) in [4.78, 5) is 30.6. The number of rotatable bonds is 7. The number of carbonyl (C=O) groups is 1. The van der Waals surface area contributed by atoms with Crippen LogP contribution in [0.25, 0.3) is 11.0 Å². The molecule has 7 heteroatoms. The van der Waals surface area contributed by atoms with Crippen LogP contribution in [0.3, 0.4) is 0 Å². The van der Waals surface area contributed by atoms with E-state index in [-0.39, 0.29) is 12.2 Å². The number of fused-ring (bicyclic) bond motifs is 1. The molecule has 0 radical (unpaired) electrons. The van der Waals surface area contributed by atoms with E-state index in [0.29, 0.717) is 29.1 Å². The smallest absolute Gasteiger partial charge is 0.283 e. The lowest BCUT2D eigenvalue weighted by atomic mass is 10.2. The zero-order valence-electron chi connectivity index (χ0n) is 17.9. The number of nitrogens with zero attached hydrogens (tertiary/aromatic N) is 2. The maximum absolute atomic E-state index is 13.3. The van der Waals surface area contributed by atoms with Gasteiger partial charge in [-0.1, -0.05) is 42.5 Å². The molecule has 0 aliphatic heterocycles. The van der Waals surface area contributed by atoms with Crippen molar-refractivity contribution in [2.24, 2.45) is 0 Å². The molecule has 4 rings (SSSR count). The number of methoxy groups -OCH3 is 2. The highest BCUT2D eigenvalue weighted by Gasteiger charge is 2.18. The molecule has 0 spiro atoms. The molecular weight excluding hydrogens is 406 g/mol. The summed E-state index contributed by atoms with van der Waals surface area (Å²) in [6.45, 7) is 0.499. The Morgan fingerprint density at radius 3 is 2.47 bits per heavy atom. The third kappa shape index (κ3) is 4.32. The molecule has 1 amide bonds. The van der Waals surface area contributed by atoms with Crippen LogP contribution in [0.4, 0.5) is 0 Å². The zero-order valence-corrected chi connectivity index (χ0v) is 17.9. The molecule has 0 saturated carbocycles. The molecule has 4 aromatic rings. The van der Waals surface area contributed by atoms with Gasteiger partial charge >= 0.3 is 0 Å². The van der Waals surface area contributed by atoms with Crippen LogP contribution >= 0.6 is 0 Å². The molecule has 1 heterocycles. The number of benzene rings is 3. The van der Waals surface area contributed by atoms with Crippen molar-refractivity contribution >= 4 is 16.9 Å². The minimum Gasteiger partial charge on any atom is -0.497 e. The Kier molecular flexibility index (Phi) is 6.17. The van der Waals surface area contributed by atoms with E-state index >= 15 is 0 Å². The summed E-state index contributed by atoms with van der Waals surface area (Å²) in [7, 11) is 3.12. The molecule has 7 nitrogen and oxygen atoms in total. The van der Waals surface area contributed by atoms with Crippen molar-refractivity contribution in [2.75, 3.05) is 14.2 Å². The lowest BCUT2D eigenvalue weighted by Crippen LogP contribution is -2.34. The Bertz CT molecular complexity index is 1320. The van der Waals surface area contributed by atoms with Crippen molar-refractivity contribution < 1.29 is 14.3 Å². The van der Waals surface area contributed by atoms with Crippen LogP contribution in [0, 0.1) is 0 Å². The van der Waals surface area contributed by atoms with Crippen LogP contribution in [-0.2, 0) is 13.1 Å². The minimum absolute atomic E-state index is 0.151. The molecule has 0 bridgehead atoms. The summed E-state index contributed by atoms with van der Waals surface area (Å²) >= 11 is 0. The Balaban J connectivity index is 1.68. The van der Waals surface area contributed by atoms with Crippen LogP contribution in [0.1, 0.15) is 21.6 Å². The van der Waals surface area contributed by atoms with Crippen LogP contribution in [0.15, 0.2) is 77.6 Å². The average molecular weight is 429 g/mol. The lowest BCUT2D eigenvalue weighted by molar-refractivity contribution is 0.0943. The monoisotopic (exact) mass is 429 g/mol. The van der Waals surface area contributed by atoms with Crippen LogP contribution in [0.5, 0.6) is 11.5 Å². The maximum atomic E-state index is 13.3. The first-order chi connectivity index (χ1) is 15.6. The number of aromatic nitrogens is 2. The number of carbonyl (C=O) groups excluding carboxylic acids is 1. The molecule has 0 aliphatic rings. The van der Waals surface area contributed by atoms with Gasteiger partial charge in [0.2, 0.25) is 0 Å². The first kappa shape index (κ1) is 21.1. The number of amides is 1. The average Bonchev–Trinajstić information content (AvgIpc) is 2.84. The van der Waals surface area contributed by atoms with Gasteiger partial charge in [-0.2, -0.15) is 0 Å². The molecule has 1 aromatic heterocycles. The van der Waals surface area contributed by atoms with Gasteiger partial charge in [0.25, 0.3) is 11.5 Å². The van der Waals surface area contributed by atoms with Gasteiger partial charge in [0.15, 0.2) is 5.69 Å². The van der Waals surface area contributed by atoms with Crippen molar-refractivity contribution in [1.82, 2.24) is 14.9 Å². The fourth-order valence-corrected chi connectivity index (χ4v) is 3.54. The van der Waals surface area contributed by atoms with Gasteiger partial charge in [0.05, 0.1) is 31.8 Å². The van der Waals surface area contributed by atoms with Crippen molar-refractivity contribution in [3.63, 3.8) is 0 Å². The summed E-state index contributed by atoms with van der Waals surface area (Å²) in [6, 6.07) is 22.2.